The van der Waals surface area contributed by atoms with Gasteiger partial charge in [-0.15, -0.1) is 0 Å². The summed E-state index contributed by atoms with van der Waals surface area (Å²) in [6, 6.07) is 21.9. The molecule has 0 atom stereocenters. The van der Waals surface area contributed by atoms with Crippen molar-refractivity contribution in [3.8, 4) is 23.0 Å². The first kappa shape index (κ1) is 17.9. The number of phenols is 4. The van der Waals surface area contributed by atoms with E-state index in [9.17, 15) is 0 Å². The van der Waals surface area contributed by atoms with Gasteiger partial charge in [0.2, 0.25) is 0 Å². The molecule has 4 nitrogen and oxygen atoms in total. The molecule has 3 rings (SSSR count). The summed E-state index contributed by atoms with van der Waals surface area (Å²) in [6.45, 7) is 1.80. The molecule has 0 saturated carbocycles. The van der Waals surface area contributed by atoms with Crippen LogP contribution in [-0.2, 0) is 0 Å². The molecule has 0 spiro atoms. The fourth-order valence-electron chi connectivity index (χ4n) is 1.60. The summed E-state index contributed by atoms with van der Waals surface area (Å²) in [5, 5.41) is 34.9. The predicted octanol–water partition coefficient (Wildman–Crippen LogP) is 4.19. The lowest BCUT2D eigenvalue weighted by Gasteiger charge is -1.94. The zero-order chi connectivity index (χ0) is 17.1. The average Bonchev–Trinajstić information content (AvgIpc) is 2.48. The van der Waals surface area contributed by atoms with Gasteiger partial charge < -0.3 is 20.4 Å². The Hall–Kier alpha value is -3.14. The maximum atomic E-state index is 8.83. The van der Waals surface area contributed by atoms with E-state index in [-0.39, 0.29) is 11.5 Å². The van der Waals surface area contributed by atoms with Crippen molar-refractivity contribution in [2.45, 2.75) is 6.92 Å². The topological polar surface area (TPSA) is 80.9 Å². The smallest absolute Gasteiger partial charge is 0.119 e. The van der Waals surface area contributed by atoms with Crippen LogP contribution in [0.15, 0.2) is 78.9 Å². The molecule has 4 N–H and O–H groups in total. The molecule has 0 amide bonds. The Morgan fingerprint density at radius 2 is 0.826 bits per heavy atom. The van der Waals surface area contributed by atoms with Gasteiger partial charge in [0.15, 0.2) is 0 Å². The summed E-state index contributed by atoms with van der Waals surface area (Å²) in [5.74, 6) is 0.852. The maximum Gasteiger partial charge on any atom is 0.119 e. The molecule has 3 aromatic rings. The van der Waals surface area contributed by atoms with Crippen molar-refractivity contribution in [3.05, 3.63) is 84.4 Å². The van der Waals surface area contributed by atoms with Crippen LogP contribution in [0.25, 0.3) is 0 Å². The average molecular weight is 312 g/mol. The molecular weight excluding hydrogens is 292 g/mol. The van der Waals surface area contributed by atoms with E-state index in [0.29, 0.717) is 11.5 Å². The number of phenolic OH excluding ortho intramolecular Hbond substituents is 4. The van der Waals surface area contributed by atoms with Crippen LogP contribution in [0.1, 0.15) is 5.56 Å². The zero-order valence-corrected chi connectivity index (χ0v) is 12.8. The van der Waals surface area contributed by atoms with Gasteiger partial charge in [0.1, 0.15) is 23.0 Å². The predicted molar refractivity (Wildman–Crippen MR) is 90.7 cm³/mol. The molecule has 120 valence electrons. The van der Waals surface area contributed by atoms with Gasteiger partial charge in [-0.25, -0.2) is 0 Å². The molecule has 0 unspecified atom stereocenters. The van der Waals surface area contributed by atoms with Crippen molar-refractivity contribution in [2.24, 2.45) is 0 Å². The van der Waals surface area contributed by atoms with E-state index >= 15 is 0 Å². The van der Waals surface area contributed by atoms with Crippen LogP contribution in [0.3, 0.4) is 0 Å². The molecule has 0 radical (unpaired) electrons. The molecule has 0 aliphatic carbocycles. The molecule has 0 saturated heterocycles. The monoisotopic (exact) mass is 312 g/mol. The number of hydrogen-bond acceptors (Lipinski definition) is 4. The molecule has 4 heteroatoms. The van der Waals surface area contributed by atoms with Crippen molar-refractivity contribution in [2.75, 3.05) is 0 Å². The van der Waals surface area contributed by atoms with Crippen molar-refractivity contribution < 1.29 is 20.4 Å². The van der Waals surface area contributed by atoms with Crippen LogP contribution < -0.4 is 0 Å². The van der Waals surface area contributed by atoms with Crippen molar-refractivity contribution in [1.29, 1.82) is 0 Å². The summed E-state index contributed by atoms with van der Waals surface area (Å²) < 4.78 is 0. The normalized spacial score (nSPS) is 8.91. The summed E-state index contributed by atoms with van der Waals surface area (Å²) >= 11 is 0. The third kappa shape index (κ3) is 8.67. The van der Waals surface area contributed by atoms with Gasteiger partial charge in [-0.2, -0.15) is 0 Å². The highest BCUT2D eigenvalue weighted by atomic mass is 16.3. The Kier molecular flexibility index (Phi) is 7.58. The molecule has 0 fully saturated rings. The van der Waals surface area contributed by atoms with E-state index in [2.05, 4.69) is 0 Å². The second kappa shape index (κ2) is 9.73. The molecule has 23 heavy (non-hydrogen) atoms. The summed E-state index contributed by atoms with van der Waals surface area (Å²) in [7, 11) is 0. The number of aromatic hydroxyl groups is 4. The number of para-hydroxylation sites is 2. The fourth-order valence-corrected chi connectivity index (χ4v) is 1.60. The minimum atomic E-state index is 0.104. The van der Waals surface area contributed by atoms with Gasteiger partial charge in [-0.3, -0.25) is 0 Å². The standard InChI is InChI=1S/C7H8O2.2C6H6O/c1-5-2-6(8)4-7(9)3-5;2*7-6-4-2-1-3-5-6/h2-4,8-9H,1H3;2*1-5,7H. The van der Waals surface area contributed by atoms with E-state index in [4.69, 9.17) is 20.4 Å². The third-order valence-electron chi connectivity index (χ3n) is 2.56. The molecule has 0 bridgehead atoms. The third-order valence-corrected chi connectivity index (χ3v) is 2.56. The first-order valence-electron chi connectivity index (χ1n) is 6.95. The second-order valence-electron chi connectivity index (χ2n) is 4.70. The summed E-state index contributed by atoms with van der Waals surface area (Å²) in [4.78, 5) is 0. The minimum Gasteiger partial charge on any atom is -0.508 e. The van der Waals surface area contributed by atoms with E-state index in [1.54, 1.807) is 67.6 Å². The molecular formula is C19H20O4. The molecule has 0 heterocycles. The Labute approximate surface area is 135 Å². The first-order valence-corrected chi connectivity index (χ1v) is 6.95. The van der Waals surface area contributed by atoms with Crippen LogP contribution in [0.2, 0.25) is 0 Å². The van der Waals surface area contributed by atoms with E-state index in [1.165, 1.54) is 6.07 Å². The van der Waals surface area contributed by atoms with Crippen LogP contribution in [-0.4, -0.2) is 20.4 Å². The van der Waals surface area contributed by atoms with Crippen LogP contribution in [0, 0.1) is 6.92 Å². The first-order chi connectivity index (χ1) is 11.0. The van der Waals surface area contributed by atoms with Crippen molar-refractivity contribution in [3.63, 3.8) is 0 Å². The SMILES string of the molecule is Cc1cc(O)cc(O)c1.Oc1ccccc1.Oc1ccccc1. The van der Waals surface area contributed by atoms with Gasteiger partial charge in [-0.05, 0) is 48.9 Å². The molecule has 0 aliphatic rings. The lowest BCUT2D eigenvalue weighted by atomic mass is 10.2. The number of hydrogen-bond donors (Lipinski definition) is 4. The Balaban J connectivity index is 0.000000175. The summed E-state index contributed by atoms with van der Waals surface area (Å²) in [6.07, 6.45) is 0. The Morgan fingerprint density at radius 3 is 1.04 bits per heavy atom. The zero-order valence-electron chi connectivity index (χ0n) is 12.8. The quantitative estimate of drug-likeness (QED) is 0.502. The number of benzene rings is 3. The number of rotatable bonds is 0. The molecule has 0 aliphatic heterocycles. The lowest BCUT2D eigenvalue weighted by Crippen LogP contribution is -1.70. The highest BCUT2D eigenvalue weighted by molar-refractivity contribution is 5.35. The van der Waals surface area contributed by atoms with E-state index < -0.39 is 0 Å². The summed E-state index contributed by atoms with van der Waals surface area (Å²) in [5.41, 5.74) is 0.854. The largest absolute Gasteiger partial charge is 0.508 e. The van der Waals surface area contributed by atoms with E-state index in [1.807, 2.05) is 12.1 Å². The van der Waals surface area contributed by atoms with Crippen LogP contribution >= 0.6 is 0 Å². The Morgan fingerprint density at radius 1 is 0.478 bits per heavy atom. The van der Waals surface area contributed by atoms with Crippen LogP contribution in [0.5, 0.6) is 23.0 Å². The van der Waals surface area contributed by atoms with Crippen molar-refractivity contribution in [1.82, 2.24) is 0 Å². The van der Waals surface area contributed by atoms with Crippen LogP contribution in [0.4, 0.5) is 0 Å². The van der Waals surface area contributed by atoms with Gasteiger partial charge in [-0.1, -0.05) is 36.4 Å². The van der Waals surface area contributed by atoms with Gasteiger partial charge in [0.25, 0.3) is 0 Å². The lowest BCUT2D eigenvalue weighted by molar-refractivity contribution is 0.450. The van der Waals surface area contributed by atoms with Crippen molar-refractivity contribution >= 4 is 0 Å². The maximum absolute atomic E-state index is 8.83. The van der Waals surface area contributed by atoms with Gasteiger partial charge in [0.05, 0.1) is 0 Å². The molecule has 0 aromatic heterocycles. The number of aryl methyl sites for hydroxylation is 1. The molecule has 3 aromatic carbocycles. The highest BCUT2D eigenvalue weighted by Gasteiger charge is 1.91. The van der Waals surface area contributed by atoms with Gasteiger partial charge >= 0.3 is 0 Å². The highest BCUT2D eigenvalue weighted by Crippen LogP contribution is 2.18. The van der Waals surface area contributed by atoms with E-state index in [0.717, 1.165) is 5.56 Å². The second-order valence-corrected chi connectivity index (χ2v) is 4.70. The van der Waals surface area contributed by atoms with Gasteiger partial charge in [0, 0.05) is 6.07 Å². The fraction of sp³-hybridized carbons (Fsp3) is 0.0526. The Bertz CT molecular complexity index is 594. The minimum absolute atomic E-state index is 0.104.